The van der Waals surface area contributed by atoms with E-state index in [4.69, 9.17) is 0 Å². The van der Waals surface area contributed by atoms with Gasteiger partial charge in [0.2, 0.25) is 5.91 Å². The maximum atomic E-state index is 13.1. The molecule has 8 heteroatoms. The Labute approximate surface area is 160 Å². The summed E-state index contributed by atoms with van der Waals surface area (Å²) in [6.45, 7) is 6.69. The molecule has 0 saturated carbocycles. The smallest absolute Gasteiger partial charge is 0.282 e. The predicted molar refractivity (Wildman–Crippen MR) is 104 cm³/mol. The van der Waals surface area contributed by atoms with Crippen molar-refractivity contribution in [1.29, 1.82) is 0 Å². The second-order valence-electron chi connectivity index (χ2n) is 7.77. The van der Waals surface area contributed by atoms with E-state index in [-0.39, 0.29) is 18.4 Å². The molecule has 0 unspecified atom stereocenters. The van der Waals surface area contributed by atoms with Crippen LogP contribution in [0, 0.1) is 17.8 Å². The third kappa shape index (κ3) is 4.65. The Bertz CT molecular complexity index is 695. The molecule has 0 aliphatic carbocycles. The van der Waals surface area contributed by atoms with E-state index in [1.807, 2.05) is 17.5 Å². The van der Waals surface area contributed by atoms with E-state index in [2.05, 4.69) is 19.2 Å². The molecule has 2 aliphatic heterocycles. The van der Waals surface area contributed by atoms with Gasteiger partial charge in [-0.05, 0) is 42.5 Å². The van der Waals surface area contributed by atoms with Crippen LogP contribution in [-0.4, -0.2) is 49.1 Å². The summed E-state index contributed by atoms with van der Waals surface area (Å²) in [7, 11) is -3.49. The molecule has 3 rings (SSSR count). The molecule has 1 N–H and O–H groups in total. The van der Waals surface area contributed by atoms with Crippen LogP contribution in [0.5, 0.6) is 0 Å². The first kappa shape index (κ1) is 19.8. The number of carbonyl (C=O) groups excluding carboxylic acids is 1. The van der Waals surface area contributed by atoms with Gasteiger partial charge in [0.1, 0.15) is 0 Å². The molecule has 1 aromatic heterocycles. The molecule has 1 amide bonds. The second-order valence-corrected chi connectivity index (χ2v) is 10.7. The first-order chi connectivity index (χ1) is 12.4. The molecule has 1 aromatic rings. The van der Waals surface area contributed by atoms with Crippen molar-refractivity contribution in [2.75, 3.05) is 26.2 Å². The lowest BCUT2D eigenvalue weighted by Gasteiger charge is -2.39. The molecule has 26 heavy (non-hydrogen) atoms. The minimum absolute atomic E-state index is 0.0429. The molecule has 2 aliphatic rings. The number of hydrogen-bond acceptors (Lipinski definition) is 4. The third-order valence-corrected chi connectivity index (χ3v) is 8.07. The minimum atomic E-state index is -3.49. The van der Waals surface area contributed by atoms with Gasteiger partial charge in [0.05, 0.1) is 12.5 Å². The van der Waals surface area contributed by atoms with Crippen LogP contribution >= 0.6 is 11.3 Å². The molecule has 0 radical (unpaired) electrons. The summed E-state index contributed by atoms with van der Waals surface area (Å²) in [6.07, 6.45) is 2.55. The van der Waals surface area contributed by atoms with E-state index < -0.39 is 10.2 Å². The fourth-order valence-electron chi connectivity index (χ4n) is 4.06. The monoisotopic (exact) mass is 399 g/mol. The van der Waals surface area contributed by atoms with Crippen LogP contribution in [0.2, 0.25) is 0 Å². The third-order valence-electron chi connectivity index (χ3n) is 5.26. The van der Waals surface area contributed by atoms with Gasteiger partial charge in [-0.1, -0.05) is 19.9 Å². The molecule has 2 fully saturated rings. The molecule has 2 saturated heterocycles. The Balaban J connectivity index is 1.60. The van der Waals surface area contributed by atoms with E-state index in [1.54, 1.807) is 15.6 Å². The largest absolute Gasteiger partial charge is 0.351 e. The van der Waals surface area contributed by atoms with Gasteiger partial charge in [0.25, 0.3) is 10.2 Å². The zero-order valence-corrected chi connectivity index (χ0v) is 17.2. The Morgan fingerprint density at radius 1 is 1.23 bits per heavy atom. The van der Waals surface area contributed by atoms with Crippen LogP contribution in [0.4, 0.5) is 0 Å². The average molecular weight is 400 g/mol. The van der Waals surface area contributed by atoms with Crippen molar-refractivity contribution >= 4 is 27.5 Å². The molecule has 3 atom stereocenters. The number of rotatable bonds is 5. The first-order valence-corrected chi connectivity index (χ1v) is 11.7. The van der Waals surface area contributed by atoms with Gasteiger partial charge in [0, 0.05) is 31.1 Å². The molecule has 0 bridgehead atoms. The van der Waals surface area contributed by atoms with Crippen molar-refractivity contribution in [2.45, 2.75) is 39.7 Å². The van der Waals surface area contributed by atoms with Crippen LogP contribution in [0.1, 0.15) is 38.0 Å². The Kier molecular flexibility index (Phi) is 6.37. The zero-order valence-electron chi connectivity index (χ0n) is 15.6. The Hall–Kier alpha value is -0.960. The summed E-state index contributed by atoms with van der Waals surface area (Å²) >= 11 is 1.61. The highest BCUT2D eigenvalue weighted by Gasteiger charge is 2.38. The Morgan fingerprint density at radius 3 is 2.62 bits per heavy atom. The van der Waals surface area contributed by atoms with E-state index >= 15 is 0 Å². The average Bonchev–Trinajstić information content (AvgIpc) is 3.12. The van der Waals surface area contributed by atoms with Crippen LogP contribution < -0.4 is 5.32 Å². The maximum absolute atomic E-state index is 13.1. The maximum Gasteiger partial charge on any atom is 0.282 e. The van der Waals surface area contributed by atoms with Gasteiger partial charge in [-0.25, -0.2) is 0 Å². The molecule has 0 aromatic carbocycles. The number of carbonyl (C=O) groups is 1. The van der Waals surface area contributed by atoms with Gasteiger partial charge >= 0.3 is 0 Å². The highest BCUT2D eigenvalue weighted by atomic mass is 32.2. The lowest BCUT2D eigenvalue weighted by atomic mass is 9.94. The summed E-state index contributed by atoms with van der Waals surface area (Å²) in [5.41, 5.74) is 0. The molecular formula is C18H29N3O3S2. The van der Waals surface area contributed by atoms with E-state index in [0.29, 0.717) is 38.0 Å². The van der Waals surface area contributed by atoms with Gasteiger partial charge in [-0.15, -0.1) is 11.3 Å². The van der Waals surface area contributed by atoms with E-state index in [1.165, 1.54) is 4.31 Å². The highest BCUT2D eigenvalue weighted by molar-refractivity contribution is 7.86. The molecule has 6 nitrogen and oxygen atoms in total. The topological polar surface area (TPSA) is 69.7 Å². The van der Waals surface area contributed by atoms with Gasteiger partial charge < -0.3 is 5.32 Å². The van der Waals surface area contributed by atoms with Crippen molar-refractivity contribution in [3.8, 4) is 0 Å². The van der Waals surface area contributed by atoms with Gasteiger partial charge in [0.15, 0.2) is 0 Å². The van der Waals surface area contributed by atoms with Crippen LogP contribution in [0.15, 0.2) is 17.5 Å². The Morgan fingerprint density at radius 2 is 1.96 bits per heavy atom. The van der Waals surface area contributed by atoms with Crippen molar-refractivity contribution in [3.63, 3.8) is 0 Å². The van der Waals surface area contributed by atoms with Crippen LogP contribution in [0.3, 0.4) is 0 Å². The highest BCUT2D eigenvalue weighted by Crippen LogP contribution is 2.27. The van der Waals surface area contributed by atoms with E-state index in [9.17, 15) is 13.2 Å². The zero-order chi connectivity index (χ0) is 18.7. The molecule has 0 spiro atoms. The lowest BCUT2D eigenvalue weighted by Crippen LogP contribution is -2.53. The minimum Gasteiger partial charge on any atom is -0.351 e. The number of piperidine rings is 2. The van der Waals surface area contributed by atoms with Gasteiger partial charge in [-0.2, -0.15) is 17.0 Å². The van der Waals surface area contributed by atoms with Crippen molar-refractivity contribution in [2.24, 2.45) is 17.8 Å². The number of nitrogens with zero attached hydrogens (tertiary/aromatic N) is 2. The summed E-state index contributed by atoms with van der Waals surface area (Å²) in [5, 5.41) is 4.94. The van der Waals surface area contributed by atoms with Crippen LogP contribution in [-0.2, 0) is 21.5 Å². The van der Waals surface area contributed by atoms with Gasteiger partial charge in [-0.3, -0.25) is 4.79 Å². The predicted octanol–water partition coefficient (Wildman–Crippen LogP) is 2.30. The second kappa shape index (κ2) is 8.37. The quantitative estimate of drug-likeness (QED) is 0.826. The molecule has 3 heterocycles. The number of nitrogens with one attached hydrogen (secondary N) is 1. The fourth-order valence-corrected chi connectivity index (χ4v) is 6.64. The molecule has 146 valence electrons. The first-order valence-electron chi connectivity index (χ1n) is 9.41. The number of amides is 1. The fraction of sp³-hybridized carbons (Fsp3) is 0.722. The van der Waals surface area contributed by atoms with Crippen molar-refractivity contribution in [1.82, 2.24) is 13.9 Å². The summed E-state index contributed by atoms with van der Waals surface area (Å²) < 4.78 is 29.3. The summed E-state index contributed by atoms with van der Waals surface area (Å²) in [4.78, 5) is 13.6. The number of hydrogen-bond donors (Lipinski definition) is 1. The lowest BCUT2D eigenvalue weighted by molar-refractivity contribution is -0.126. The molecular weight excluding hydrogens is 370 g/mol. The van der Waals surface area contributed by atoms with Crippen molar-refractivity contribution in [3.05, 3.63) is 22.4 Å². The number of thiophene rings is 1. The summed E-state index contributed by atoms with van der Waals surface area (Å²) in [6, 6.07) is 3.95. The summed E-state index contributed by atoms with van der Waals surface area (Å²) in [5.74, 6) is 0.447. The normalized spacial score (nSPS) is 28.8. The van der Waals surface area contributed by atoms with Crippen molar-refractivity contribution < 1.29 is 13.2 Å². The standard InChI is InChI=1S/C18H29N3O3S2/c1-14-9-15(2)12-21(11-14)26(23,24)20-7-3-5-16(13-20)18(22)19-10-17-6-4-8-25-17/h4,6,8,14-16H,3,5,7,9-13H2,1-2H3,(H,19,22)/t14-,15+,16-/m0/s1. The van der Waals surface area contributed by atoms with E-state index in [0.717, 1.165) is 24.1 Å². The van der Waals surface area contributed by atoms with Crippen LogP contribution in [0.25, 0.3) is 0 Å². The SMILES string of the molecule is C[C@@H]1C[C@H](C)CN(S(=O)(=O)N2CCC[C@H](C(=O)NCc3cccs3)C2)C1.